The monoisotopic (exact) mass is 320 g/mol. The van der Waals surface area contributed by atoms with E-state index in [1.54, 1.807) is 17.0 Å². The van der Waals surface area contributed by atoms with Crippen LogP contribution in [0.15, 0.2) is 24.3 Å². The van der Waals surface area contributed by atoms with Gasteiger partial charge in [-0.15, -0.1) is 0 Å². The van der Waals surface area contributed by atoms with Gasteiger partial charge in [0.2, 0.25) is 11.8 Å². The van der Waals surface area contributed by atoms with Crippen LogP contribution in [0.1, 0.15) is 24.4 Å². The molecule has 0 spiro atoms. The van der Waals surface area contributed by atoms with Gasteiger partial charge in [0.05, 0.1) is 12.0 Å². The van der Waals surface area contributed by atoms with Crippen LogP contribution < -0.4 is 16.6 Å². The second kappa shape index (κ2) is 6.64. The number of hydrazine groups is 1. The van der Waals surface area contributed by atoms with Crippen molar-refractivity contribution in [2.45, 2.75) is 18.9 Å². The molecule has 3 rings (SSSR count). The molecule has 0 saturated carbocycles. The number of nitrogens with zero attached hydrogens (tertiary/aromatic N) is 1. The highest BCUT2D eigenvalue weighted by Crippen LogP contribution is 2.28. The van der Waals surface area contributed by atoms with E-state index in [4.69, 9.17) is 5.73 Å². The first-order valence-corrected chi connectivity index (χ1v) is 7.88. The number of hydrogen-bond donors (Lipinski definition) is 3. The normalized spacial score (nSPS) is 25.5. The van der Waals surface area contributed by atoms with Crippen molar-refractivity contribution in [1.82, 2.24) is 15.8 Å². The highest BCUT2D eigenvalue weighted by molar-refractivity contribution is 5.81. The minimum absolute atomic E-state index is 0.0553. The largest absolute Gasteiger partial charge is 0.369 e. The number of primary amides is 1. The number of carbonyl (C=O) groups is 2. The molecule has 0 radical (unpaired) electrons. The number of nitrogens with two attached hydrogens (primary N) is 1. The molecular weight excluding hydrogens is 299 g/mol. The van der Waals surface area contributed by atoms with Crippen LogP contribution in [0.25, 0.3) is 0 Å². The lowest BCUT2D eigenvalue weighted by atomic mass is 9.91. The van der Waals surface area contributed by atoms with Gasteiger partial charge in [0.1, 0.15) is 5.82 Å². The van der Waals surface area contributed by atoms with Gasteiger partial charge in [-0.3, -0.25) is 15.0 Å². The zero-order valence-corrected chi connectivity index (χ0v) is 12.8. The van der Waals surface area contributed by atoms with Crippen molar-refractivity contribution >= 4 is 11.8 Å². The van der Waals surface area contributed by atoms with Gasteiger partial charge in [0.25, 0.3) is 0 Å². The van der Waals surface area contributed by atoms with Gasteiger partial charge >= 0.3 is 0 Å². The molecule has 2 fully saturated rings. The topological polar surface area (TPSA) is 87.5 Å². The maximum absolute atomic E-state index is 13.1. The molecule has 2 atom stereocenters. The number of rotatable bonds is 3. The zero-order valence-electron chi connectivity index (χ0n) is 12.8. The average Bonchev–Trinajstić information content (AvgIpc) is 3.04. The zero-order chi connectivity index (χ0) is 16.4. The van der Waals surface area contributed by atoms with Gasteiger partial charge in [0.15, 0.2) is 0 Å². The summed E-state index contributed by atoms with van der Waals surface area (Å²) in [4.78, 5) is 25.8. The van der Waals surface area contributed by atoms with Crippen LogP contribution >= 0.6 is 0 Å². The Kier molecular flexibility index (Phi) is 4.58. The third kappa shape index (κ3) is 3.35. The van der Waals surface area contributed by atoms with Crippen molar-refractivity contribution in [3.63, 3.8) is 0 Å². The van der Waals surface area contributed by atoms with Crippen molar-refractivity contribution in [3.8, 4) is 0 Å². The first-order valence-electron chi connectivity index (χ1n) is 7.88. The van der Waals surface area contributed by atoms with Gasteiger partial charge in [0, 0.05) is 25.6 Å². The summed E-state index contributed by atoms with van der Waals surface area (Å²) in [6, 6.07) is 6.00. The Morgan fingerprint density at radius 1 is 1.17 bits per heavy atom. The molecule has 2 heterocycles. The number of benzene rings is 1. The summed E-state index contributed by atoms with van der Waals surface area (Å²) in [6.07, 6.45) is 1.24. The predicted octanol–water partition coefficient (Wildman–Crippen LogP) is 0.315. The first-order chi connectivity index (χ1) is 11.1. The molecule has 2 amide bonds. The summed E-state index contributed by atoms with van der Waals surface area (Å²) in [6.45, 7) is 1.63. The molecule has 0 aliphatic carbocycles. The fraction of sp³-hybridized carbons (Fsp3) is 0.500. The van der Waals surface area contributed by atoms with Crippen molar-refractivity contribution < 1.29 is 14.0 Å². The molecule has 2 unspecified atom stereocenters. The summed E-state index contributed by atoms with van der Waals surface area (Å²) < 4.78 is 13.1. The second-order valence-electron chi connectivity index (χ2n) is 6.16. The maximum atomic E-state index is 13.1. The molecule has 7 heteroatoms. The average molecular weight is 320 g/mol. The molecule has 0 aromatic heterocycles. The molecule has 2 aliphatic rings. The molecular formula is C16H21FN4O2. The third-order valence-corrected chi connectivity index (χ3v) is 4.74. The third-order valence-electron chi connectivity index (χ3n) is 4.74. The predicted molar refractivity (Wildman–Crippen MR) is 82.3 cm³/mol. The summed E-state index contributed by atoms with van der Waals surface area (Å²) >= 11 is 0. The number of hydrogen-bond acceptors (Lipinski definition) is 4. The fourth-order valence-corrected chi connectivity index (χ4v) is 3.33. The lowest BCUT2D eigenvalue weighted by Crippen LogP contribution is -2.45. The van der Waals surface area contributed by atoms with Gasteiger partial charge in [-0.2, -0.15) is 0 Å². The van der Waals surface area contributed by atoms with E-state index in [1.165, 1.54) is 12.1 Å². The van der Waals surface area contributed by atoms with Crippen LogP contribution in [0.4, 0.5) is 4.39 Å². The molecule has 23 heavy (non-hydrogen) atoms. The van der Waals surface area contributed by atoms with Gasteiger partial charge in [-0.05, 0) is 30.5 Å². The van der Waals surface area contributed by atoms with Crippen LogP contribution in [0.3, 0.4) is 0 Å². The van der Waals surface area contributed by atoms with Crippen LogP contribution in [0.2, 0.25) is 0 Å². The van der Waals surface area contributed by atoms with Crippen molar-refractivity contribution in [2.75, 3.05) is 19.6 Å². The minimum Gasteiger partial charge on any atom is -0.369 e. The fourth-order valence-electron chi connectivity index (χ4n) is 3.33. The van der Waals surface area contributed by atoms with Crippen molar-refractivity contribution in [2.24, 2.45) is 17.6 Å². The van der Waals surface area contributed by atoms with Crippen LogP contribution in [0.5, 0.6) is 0 Å². The van der Waals surface area contributed by atoms with Crippen LogP contribution in [-0.4, -0.2) is 36.3 Å². The highest BCUT2D eigenvalue weighted by Gasteiger charge is 2.37. The van der Waals surface area contributed by atoms with Crippen LogP contribution in [-0.2, 0) is 9.59 Å². The number of halogens is 1. The highest BCUT2D eigenvalue weighted by atomic mass is 19.1. The molecule has 4 N–H and O–H groups in total. The Morgan fingerprint density at radius 2 is 1.83 bits per heavy atom. The Bertz CT molecular complexity index is 584. The van der Waals surface area contributed by atoms with Crippen molar-refractivity contribution in [3.05, 3.63) is 35.6 Å². The Morgan fingerprint density at radius 3 is 2.43 bits per heavy atom. The van der Waals surface area contributed by atoms with E-state index in [0.717, 1.165) is 5.56 Å². The van der Waals surface area contributed by atoms with Crippen LogP contribution in [0, 0.1) is 17.7 Å². The second-order valence-corrected chi connectivity index (χ2v) is 6.16. The van der Waals surface area contributed by atoms with E-state index in [9.17, 15) is 14.0 Å². The quantitative estimate of drug-likeness (QED) is 0.748. The van der Waals surface area contributed by atoms with E-state index >= 15 is 0 Å². The van der Waals surface area contributed by atoms with Crippen molar-refractivity contribution in [1.29, 1.82) is 0 Å². The standard InChI is InChI=1S/C16H21FN4O2/c17-12-3-1-10(2-4-12)14-13(9-19-20-14)16(23)21-7-5-11(6-8-21)15(18)22/h1-4,11,13-14,19-20H,5-9H2,(H2,18,22). The number of likely N-dealkylation sites (tertiary alicyclic amines) is 1. The Hall–Kier alpha value is -1.99. The number of nitrogens with one attached hydrogen (secondary N) is 2. The van der Waals surface area contributed by atoms with Gasteiger partial charge in [-0.25, -0.2) is 9.82 Å². The molecule has 124 valence electrons. The lowest BCUT2D eigenvalue weighted by molar-refractivity contribution is -0.138. The molecule has 6 nitrogen and oxygen atoms in total. The van der Waals surface area contributed by atoms with E-state index < -0.39 is 0 Å². The summed E-state index contributed by atoms with van der Waals surface area (Å²) in [5.41, 5.74) is 12.3. The van der Waals surface area contributed by atoms with E-state index in [1.807, 2.05) is 0 Å². The molecule has 1 aromatic rings. The van der Waals surface area contributed by atoms with E-state index in [2.05, 4.69) is 10.9 Å². The molecule has 2 aliphatic heterocycles. The Balaban J connectivity index is 1.67. The number of carbonyl (C=O) groups excluding carboxylic acids is 2. The van der Waals surface area contributed by atoms with Gasteiger partial charge < -0.3 is 10.6 Å². The SMILES string of the molecule is NC(=O)C1CCN(C(=O)C2CNNC2c2ccc(F)cc2)CC1. The summed E-state index contributed by atoms with van der Waals surface area (Å²) in [5, 5.41) is 0. The van der Waals surface area contributed by atoms with E-state index in [0.29, 0.717) is 32.5 Å². The summed E-state index contributed by atoms with van der Waals surface area (Å²) in [5.74, 6) is -0.904. The molecule has 0 bridgehead atoms. The van der Waals surface area contributed by atoms with Gasteiger partial charge in [-0.1, -0.05) is 12.1 Å². The molecule has 1 aromatic carbocycles. The van der Waals surface area contributed by atoms with E-state index in [-0.39, 0.29) is 35.5 Å². The lowest BCUT2D eigenvalue weighted by Gasteiger charge is -2.33. The first kappa shape index (κ1) is 15.9. The molecule has 2 saturated heterocycles. The summed E-state index contributed by atoms with van der Waals surface area (Å²) in [7, 11) is 0. The number of piperidine rings is 1. The smallest absolute Gasteiger partial charge is 0.229 e. The Labute approximate surface area is 134 Å². The maximum Gasteiger partial charge on any atom is 0.229 e. The number of amides is 2. The minimum atomic E-state index is -0.295.